The number of likely N-dealkylation sites (N-methyl/N-ethyl adjacent to an activating group) is 1. The Morgan fingerprint density at radius 2 is 2.00 bits per heavy atom. The normalized spacial score (nSPS) is 12.0. The van der Waals surface area contributed by atoms with E-state index in [1.165, 1.54) is 0 Å². The Morgan fingerprint density at radius 1 is 1.35 bits per heavy atom. The topological polar surface area (TPSA) is 64.8 Å². The van der Waals surface area contributed by atoms with Crippen molar-refractivity contribution in [3.63, 3.8) is 0 Å². The van der Waals surface area contributed by atoms with Gasteiger partial charge in [0.2, 0.25) is 0 Å². The van der Waals surface area contributed by atoms with Gasteiger partial charge in [-0.3, -0.25) is 4.79 Å². The molecule has 20 heavy (non-hydrogen) atoms. The number of nitrogens with two attached hydrogens (primary N) is 1. The molecule has 112 valence electrons. The summed E-state index contributed by atoms with van der Waals surface area (Å²) in [5, 5.41) is 0. The minimum absolute atomic E-state index is 0.0316. The summed E-state index contributed by atoms with van der Waals surface area (Å²) in [6.07, 6.45) is 0. The molecule has 0 aliphatic heterocycles. The van der Waals surface area contributed by atoms with Crippen LogP contribution in [0.3, 0.4) is 0 Å². The van der Waals surface area contributed by atoms with E-state index in [0.717, 1.165) is 5.56 Å². The molecule has 0 saturated heterocycles. The Balaban J connectivity index is 2.51. The van der Waals surface area contributed by atoms with Crippen molar-refractivity contribution in [2.75, 3.05) is 26.9 Å². The first kappa shape index (κ1) is 16.5. The summed E-state index contributed by atoms with van der Waals surface area (Å²) in [6.45, 7) is 5.59. The number of rotatable bonds is 8. The highest BCUT2D eigenvalue weighted by Crippen LogP contribution is 2.12. The fourth-order valence-electron chi connectivity index (χ4n) is 2.01. The second-order valence-corrected chi connectivity index (χ2v) is 4.62. The Bertz CT molecular complexity index is 406. The summed E-state index contributed by atoms with van der Waals surface area (Å²) in [5.74, 6) is 0.631. The quantitative estimate of drug-likeness (QED) is 0.782. The molecule has 0 spiro atoms. The van der Waals surface area contributed by atoms with Gasteiger partial charge in [0.25, 0.3) is 5.91 Å². The first-order chi connectivity index (χ1) is 9.62. The summed E-state index contributed by atoms with van der Waals surface area (Å²) in [4.78, 5) is 13.9. The third kappa shape index (κ3) is 4.83. The predicted molar refractivity (Wildman–Crippen MR) is 78.6 cm³/mol. The standard InChI is InChI=1S/C15H24N2O3/c1-4-17(12(2)10-19-3)15(18)11-20-14-7-5-13(9-16)6-8-14/h5-8,12H,4,9-11,16H2,1-3H3. The summed E-state index contributed by atoms with van der Waals surface area (Å²) < 4.78 is 10.6. The van der Waals surface area contributed by atoms with E-state index in [1.807, 2.05) is 38.1 Å². The number of nitrogens with zero attached hydrogens (tertiary/aromatic N) is 1. The van der Waals surface area contributed by atoms with Crippen molar-refractivity contribution in [3.05, 3.63) is 29.8 Å². The van der Waals surface area contributed by atoms with Gasteiger partial charge in [0.1, 0.15) is 5.75 Å². The lowest BCUT2D eigenvalue weighted by Gasteiger charge is -2.27. The molecule has 1 unspecified atom stereocenters. The largest absolute Gasteiger partial charge is 0.484 e. The van der Waals surface area contributed by atoms with Crippen LogP contribution in [0.5, 0.6) is 5.75 Å². The minimum Gasteiger partial charge on any atom is -0.484 e. The second-order valence-electron chi connectivity index (χ2n) is 4.62. The van der Waals surface area contributed by atoms with E-state index < -0.39 is 0 Å². The first-order valence-electron chi connectivity index (χ1n) is 6.82. The lowest BCUT2D eigenvalue weighted by molar-refractivity contribution is -0.136. The minimum atomic E-state index is -0.0417. The summed E-state index contributed by atoms with van der Waals surface area (Å²) in [6, 6.07) is 7.48. The maximum absolute atomic E-state index is 12.1. The van der Waals surface area contributed by atoms with Crippen molar-refractivity contribution in [1.29, 1.82) is 0 Å². The number of carbonyl (C=O) groups is 1. The maximum atomic E-state index is 12.1. The highest BCUT2D eigenvalue weighted by Gasteiger charge is 2.18. The number of hydrogen-bond donors (Lipinski definition) is 1. The van der Waals surface area contributed by atoms with Crippen LogP contribution in [0.2, 0.25) is 0 Å². The molecule has 0 radical (unpaired) electrons. The molecule has 1 atom stereocenters. The summed E-state index contributed by atoms with van der Waals surface area (Å²) in [5.41, 5.74) is 6.56. The van der Waals surface area contributed by atoms with Gasteiger partial charge in [-0.25, -0.2) is 0 Å². The zero-order chi connectivity index (χ0) is 15.0. The molecule has 0 fully saturated rings. The monoisotopic (exact) mass is 280 g/mol. The van der Waals surface area contributed by atoms with Gasteiger partial charge in [0.05, 0.1) is 12.6 Å². The highest BCUT2D eigenvalue weighted by molar-refractivity contribution is 5.78. The van der Waals surface area contributed by atoms with E-state index >= 15 is 0 Å². The average molecular weight is 280 g/mol. The van der Waals surface area contributed by atoms with E-state index in [-0.39, 0.29) is 18.6 Å². The van der Waals surface area contributed by atoms with Crippen LogP contribution >= 0.6 is 0 Å². The Kier molecular flexibility index (Phi) is 7.04. The molecule has 0 aromatic heterocycles. The molecule has 0 aliphatic rings. The fraction of sp³-hybridized carbons (Fsp3) is 0.533. The van der Waals surface area contributed by atoms with Gasteiger partial charge in [0.15, 0.2) is 6.61 Å². The third-order valence-electron chi connectivity index (χ3n) is 3.12. The molecule has 0 bridgehead atoms. The average Bonchev–Trinajstić information content (AvgIpc) is 2.46. The Morgan fingerprint density at radius 3 is 2.50 bits per heavy atom. The van der Waals surface area contributed by atoms with Crippen LogP contribution in [0.15, 0.2) is 24.3 Å². The lowest BCUT2D eigenvalue weighted by Crippen LogP contribution is -2.43. The Labute approximate surface area is 120 Å². The third-order valence-corrected chi connectivity index (χ3v) is 3.12. The van der Waals surface area contributed by atoms with E-state index in [0.29, 0.717) is 25.4 Å². The van der Waals surface area contributed by atoms with Crippen LogP contribution in [0.25, 0.3) is 0 Å². The SMILES string of the molecule is CCN(C(=O)COc1ccc(CN)cc1)C(C)COC. The van der Waals surface area contributed by atoms with Crippen LogP contribution in [-0.2, 0) is 16.1 Å². The maximum Gasteiger partial charge on any atom is 0.260 e. The smallest absolute Gasteiger partial charge is 0.260 e. The molecular formula is C15H24N2O3. The van der Waals surface area contributed by atoms with Gasteiger partial charge in [-0.05, 0) is 31.5 Å². The number of methoxy groups -OCH3 is 1. The molecule has 0 saturated carbocycles. The van der Waals surface area contributed by atoms with E-state index in [4.69, 9.17) is 15.2 Å². The van der Waals surface area contributed by atoms with Crippen molar-refractivity contribution in [3.8, 4) is 5.75 Å². The molecule has 1 aromatic carbocycles. The second kappa shape index (κ2) is 8.55. The van der Waals surface area contributed by atoms with Gasteiger partial charge in [-0.1, -0.05) is 12.1 Å². The molecule has 2 N–H and O–H groups in total. The van der Waals surface area contributed by atoms with E-state index in [9.17, 15) is 4.79 Å². The Hall–Kier alpha value is -1.59. The zero-order valence-electron chi connectivity index (χ0n) is 12.5. The van der Waals surface area contributed by atoms with Gasteiger partial charge >= 0.3 is 0 Å². The van der Waals surface area contributed by atoms with Crippen molar-refractivity contribution in [2.45, 2.75) is 26.4 Å². The van der Waals surface area contributed by atoms with Gasteiger partial charge in [0, 0.05) is 20.2 Å². The number of ether oxygens (including phenoxy) is 2. The molecule has 0 heterocycles. The molecular weight excluding hydrogens is 256 g/mol. The molecule has 1 aromatic rings. The molecule has 1 amide bonds. The number of carbonyl (C=O) groups excluding carboxylic acids is 1. The van der Waals surface area contributed by atoms with E-state index in [2.05, 4.69) is 0 Å². The van der Waals surface area contributed by atoms with Crippen molar-refractivity contribution in [1.82, 2.24) is 4.90 Å². The van der Waals surface area contributed by atoms with Crippen molar-refractivity contribution < 1.29 is 14.3 Å². The first-order valence-corrected chi connectivity index (χ1v) is 6.82. The van der Waals surface area contributed by atoms with Crippen LogP contribution in [0.1, 0.15) is 19.4 Å². The molecule has 1 rings (SSSR count). The summed E-state index contributed by atoms with van der Waals surface area (Å²) >= 11 is 0. The highest BCUT2D eigenvalue weighted by atomic mass is 16.5. The van der Waals surface area contributed by atoms with Crippen LogP contribution < -0.4 is 10.5 Å². The number of benzene rings is 1. The summed E-state index contributed by atoms with van der Waals surface area (Å²) in [7, 11) is 1.63. The van der Waals surface area contributed by atoms with Crippen LogP contribution in [0, 0.1) is 0 Å². The fourth-order valence-corrected chi connectivity index (χ4v) is 2.01. The van der Waals surface area contributed by atoms with Crippen LogP contribution in [-0.4, -0.2) is 43.7 Å². The number of amides is 1. The van der Waals surface area contributed by atoms with E-state index in [1.54, 1.807) is 12.0 Å². The molecule has 5 nitrogen and oxygen atoms in total. The lowest BCUT2D eigenvalue weighted by atomic mass is 10.2. The molecule has 5 heteroatoms. The van der Waals surface area contributed by atoms with Crippen LogP contribution in [0.4, 0.5) is 0 Å². The van der Waals surface area contributed by atoms with Gasteiger partial charge in [-0.15, -0.1) is 0 Å². The molecule has 0 aliphatic carbocycles. The predicted octanol–water partition coefficient (Wildman–Crippen LogP) is 1.41. The van der Waals surface area contributed by atoms with Gasteiger partial charge in [-0.2, -0.15) is 0 Å². The number of hydrogen-bond acceptors (Lipinski definition) is 4. The van der Waals surface area contributed by atoms with Crippen molar-refractivity contribution in [2.24, 2.45) is 5.73 Å². The zero-order valence-corrected chi connectivity index (χ0v) is 12.5. The van der Waals surface area contributed by atoms with Crippen molar-refractivity contribution >= 4 is 5.91 Å². The van der Waals surface area contributed by atoms with Gasteiger partial charge < -0.3 is 20.1 Å².